The topological polar surface area (TPSA) is 155 Å². The van der Waals surface area contributed by atoms with Gasteiger partial charge >= 0.3 is 5.97 Å². The van der Waals surface area contributed by atoms with Crippen LogP contribution in [-0.4, -0.2) is 58.4 Å². The van der Waals surface area contributed by atoms with Gasteiger partial charge in [0.1, 0.15) is 36.3 Å². The minimum absolute atomic E-state index is 0.0142. The average Bonchev–Trinajstić information content (AvgIpc) is 3.81. The number of ether oxygens (including phenoxy) is 3. The Kier molecular flexibility index (Phi) is 11.9. The summed E-state index contributed by atoms with van der Waals surface area (Å²) < 4.78 is 18.0. The van der Waals surface area contributed by atoms with Gasteiger partial charge in [-0.05, 0) is 88.7 Å². The Hall–Kier alpha value is -6.19. The Balaban J connectivity index is 0.974. The fraction of sp³-hybridized carbons (Fsp3) is 0.255. The standard InChI is InChI=1S/C47H39Cl2N3O8/c48-37-16-7-29(18-38(37)49)26-59-36-14-12-32(13-15-36)44-41(53)22-34-20-33-21-40(52(25-35(33)23-43(34)60-44)46(55)42-2-1-17-58-42)45(54)51-39(47(56)57)19-27-3-8-30(9-4-27)31-10-5-28(24-50)6-11-31/h3-16,18,20,23,39-40,42,44H,1-2,17,19,21-22,25-26H2,(H,51,54)(H,56,57)/t39-,40-,42+,44?/m0/s1. The summed E-state index contributed by atoms with van der Waals surface area (Å²) in [5.74, 6) is -1.16. The summed E-state index contributed by atoms with van der Waals surface area (Å²) in [6.07, 6.45) is -0.110. The number of hydrogen-bond donors (Lipinski definition) is 2. The monoisotopic (exact) mass is 843 g/mol. The first-order valence-corrected chi connectivity index (χ1v) is 20.3. The first kappa shape index (κ1) is 40.6. The zero-order chi connectivity index (χ0) is 41.9. The lowest BCUT2D eigenvalue weighted by Gasteiger charge is -2.38. The molecule has 5 aromatic rings. The van der Waals surface area contributed by atoms with Gasteiger partial charge in [0.2, 0.25) is 5.91 Å². The number of aliphatic carboxylic acids is 1. The predicted octanol–water partition coefficient (Wildman–Crippen LogP) is 7.60. The van der Waals surface area contributed by atoms with Crippen LogP contribution in [0.1, 0.15) is 57.9 Å². The molecule has 60 heavy (non-hydrogen) atoms. The Bertz CT molecular complexity index is 2500. The van der Waals surface area contributed by atoms with Crippen LogP contribution in [0.3, 0.4) is 0 Å². The molecule has 5 aromatic carbocycles. The van der Waals surface area contributed by atoms with E-state index in [-0.39, 0.29) is 44.1 Å². The third kappa shape index (κ3) is 8.87. The molecule has 2 N–H and O–H groups in total. The van der Waals surface area contributed by atoms with E-state index in [1.807, 2.05) is 54.6 Å². The van der Waals surface area contributed by atoms with Gasteiger partial charge in [-0.25, -0.2) is 4.79 Å². The molecule has 3 aliphatic rings. The van der Waals surface area contributed by atoms with Gasteiger partial charge in [-0.2, -0.15) is 5.26 Å². The normalized spacial score (nSPS) is 18.6. The molecule has 0 aliphatic carbocycles. The van der Waals surface area contributed by atoms with Crippen molar-refractivity contribution in [1.82, 2.24) is 10.2 Å². The number of halogens is 2. The van der Waals surface area contributed by atoms with Crippen LogP contribution in [0.2, 0.25) is 10.0 Å². The molecule has 0 saturated carbocycles. The molecular weight excluding hydrogens is 805 g/mol. The Morgan fingerprint density at radius 3 is 2.27 bits per heavy atom. The lowest BCUT2D eigenvalue weighted by atomic mass is 9.87. The van der Waals surface area contributed by atoms with E-state index in [1.54, 1.807) is 48.5 Å². The summed E-state index contributed by atoms with van der Waals surface area (Å²) in [6, 6.07) is 30.4. The van der Waals surface area contributed by atoms with Gasteiger partial charge < -0.3 is 29.5 Å². The fourth-order valence-corrected chi connectivity index (χ4v) is 8.20. The number of fused-ring (bicyclic) bond motifs is 2. The highest BCUT2D eigenvalue weighted by Crippen LogP contribution is 2.38. The number of carboxylic acids is 1. The molecule has 1 unspecified atom stereocenters. The summed E-state index contributed by atoms with van der Waals surface area (Å²) in [6.45, 7) is 0.782. The van der Waals surface area contributed by atoms with Gasteiger partial charge in [0.05, 0.1) is 21.7 Å². The van der Waals surface area contributed by atoms with Gasteiger partial charge in [0.15, 0.2) is 11.9 Å². The Morgan fingerprint density at radius 1 is 0.883 bits per heavy atom. The molecule has 0 bridgehead atoms. The molecule has 8 rings (SSSR count). The summed E-state index contributed by atoms with van der Waals surface area (Å²) in [5, 5.41) is 23.0. The second-order valence-corrected chi connectivity index (χ2v) is 16.0. The number of nitrogens with one attached hydrogen (secondary N) is 1. The highest BCUT2D eigenvalue weighted by atomic mass is 35.5. The van der Waals surface area contributed by atoms with Crippen LogP contribution in [0, 0.1) is 11.3 Å². The zero-order valence-corrected chi connectivity index (χ0v) is 33.7. The summed E-state index contributed by atoms with van der Waals surface area (Å²) in [4.78, 5) is 55.6. The van der Waals surface area contributed by atoms with E-state index in [9.17, 15) is 24.3 Å². The molecule has 1 fully saturated rings. The smallest absolute Gasteiger partial charge is 0.326 e. The molecule has 0 radical (unpaired) electrons. The van der Waals surface area contributed by atoms with Gasteiger partial charge in [0, 0.05) is 43.5 Å². The number of hydrogen-bond acceptors (Lipinski definition) is 8. The number of carbonyl (C=O) groups is 4. The highest BCUT2D eigenvalue weighted by Gasteiger charge is 2.41. The second-order valence-electron chi connectivity index (χ2n) is 15.2. The molecule has 11 nitrogen and oxygen atoms in total. The third-order valence-electron chi connectivity index (χ3n) is 11.1. The van der Waals surface area contributed by atoms with E-state index >= 15 is 0 Å². The van der Waals surface area contributed by atoms with E-state index in [2.05, 4.69) is 11.4 Å². The quantitative estimate of drug-likeness (QED) is 0.137. The van der Waals surface area contributed by atoms with Crippen molar-refractivity contribution >= 4 is 46.8 Å². The van der Waals surface area contributed by atoms with E-state index in [0.29, 0.717) is 63.2 Å². The van der Waals surface area contributed by atoms with Crippen LogP contribution < -0.4 is 14.8 Å². The number of rotatable bonds is 11. The van der Waals surface area contributed by atoms with Gasteiger partial charge in [0.25, 0.3) is 5.91 Å². The number of ketones is 1. The zero-order valence-electron chi connectivity index (χ0n) is 32.2. The van der Waals surface area contributed by atoms with Crippen LogP contribution in [-0.2, 0) is 56.3 Å². The molecule has 0 aromatic heterocycles. The number of nitriles is 1. The number of carboxylic acid groups (broad SMARTS) is 1. The number of Topliss-reactive ketones (excluding diaryl/α,β-unsaturated/α-hetero) is 1. The fourth-order valence-electron chi connectivity index (χ4n) is 7.87. The minimum Gasteiger partial charge on any atom is -0.489 e. The lowest BCUT2D eigenvalue weighted by molar-refractivity contribution is -0.150. The number of amides is 2. The Labute approximate surface area is 356 Å². The molecule has 0 spiro atoms. The van der Waals surface area contributed by atoms with Crippen LogP contribution in [0.4, 0.5) is 0 Å². The molecule has 304 valence electrons. The highest BCUT2D eigenvalue weighted by molar-refractivity contribution is 6.42. The third-order valence-corrected chi connectivity index (χ3v) is 11.9. The van der Waals surface area contributed by atoms with Crippen LogP contribution in [0.15, 0.2) is 103 Å². The van der Waals surface area contributed by atoms with Crippen LogP contribution in [0.25, 0.3) is 11.1 Å². The molecular formula is C47H39Cl2N3O8. The maximum Gasteiger partial charge on any atom is 0.326 e. The van der Waals surface area contributed by atoms with Gasteiger partial charge in [-0.3, -0.25) is 14.4 Å². The van der Waals surface area contributed by atoms with Crippen molar-refractivity contribution < 1.29 is 38.5 Å². The lowest BCUT2D eigenvalue weighted by Crippen LogP contribution is -2.57. The molecule has 13 heteroatoms. The van der Waals surface area contributed by atoms with Crippen molar-refractivity contribution in [3.8, 4) is 28.7 Å². The average molecular weight is 845 g/mol. The molecule has 2 amide bonds. The summed E-state index contributed by atoms with van der Waals surface area (Å²) in [5.41, 5.74) is 6.76. The first-order valence-electron chi connectivity index (χ1n) is 19.6. The van der Waals surface area contributed by atoms with Crippen molar-refractivity contribution in [1.29, 1.82) is 5.26 Å². The maximum absolute atomic E-state index is 14.1. The molecule has 3 heterocycles. The van der Waals surface area contributed by atoms with Crippen LogP contribution in [0.5, 0.6) is 11.5 Å². The van der Waals surface area contributed by atoms with E-state index in [4.69, 9.17) is 42.7 Å². The van der Waals surface area contributed by atoms with Crippen molar-refractivity contribution in [2.24, 2.45) is 0 Å². The van der Waals surface area contributed by atoms with Gasteiger partial charge in [-0.15, -0.1) is 0 Å². The SMILES string of the molecule is N#Cc1ccc(-c2ccc(C[C@H](NC(=O)[C@@H]3Cc4cc5c(cc4CN3C(=O)[C@H]3CCCO3)OC(c3ccc(OCc4ccc(Cl)c(Cl)c4)cc3)C(=O)C5)C(=O)O)cc2)cc1. The second kappa shape index (κ2) is 17.6. The largest absolute Gasteiger partial charge is 0.489 e. The first-order chi connectivity index (χ1) is 29.0. The molecule has 3 aliphatic heterocycles. The minimum atomic E-state index is -1.27. The maximum atomic E-state index is 14.1. The van der Waals surface area contributed by atoms with Crippen molar-refractivity contribution in [3.05, 3.63) is 152 Å². The van der Waals surface area contributed by atoms with Gasteiger partial charge in [-0.1, -0.05) is 83.9 Å². The van der Waals surface area contributed by atoms with Crippen molar-refractivity contribution in [3.63, 3.8) is 0 Å². The Morgan fingerprint density at radius 2 is 1.60 bits per heavy atom. The summed E-state index contributed by atoms with van der Waals surface area (Å²) in [7, 11) is 0. The number of carbonyl (C=O) groups excluding carboxylic acids is 3. The van der Waals surface area contributed by atoms with E-state index < -0.39 is 36.2 Å². The van der Waals surface area contributed by atoms with Crippen LogP contribution >= 0.6 is 23.2 Å². The van der Waals surface area contributed by atoms with Crippen molar-refractivity contribution in [2.45, 2.75) is 69.5 Å². The number of nitrogens with zero attached hydrogens (tertiary/aromatic N) is 2. The summed E-state index contributed by atoms with van der Waals surface area (Å²) >= 11 is 12.2. The number of benzene rings is 5. The molecule has 4 atom stereocenters. The predicted molar refractivity (Wildman–Crippen MR) is 223 cm³/mol. The van der Waals surface area contributed by atoms with Crippen molar-refractivity contribution in [2.75, 3.05) is 6.61 Å². The van der Waals surface area contributed by atoms with E-state index in [1.165, 1.54) is 4.90 Å². The van der Waals surface area contributed by atoms with E-state index in [0.717, 1.165) is 27.8 Å². The molecule has 1 saturated heterocycles.